The Morgan fingerprint density at radius 3 is 2.25 bits per heavy atom. The first-order chi connectivity index (χ1) is 9.69. The van der Waals surface area contributed by atoms with E-state index in [9.17, 15) is 0 Å². The van der Waals surface area contributed by atoms with Crippen molar-refractivity contribution in [2.24, 2.45) is 0 Å². The Morgan fingerprint density at radius 2 is 1.75 bits per heavy atom. The molecule has 1 N–H and O–H groups in total. The van der Waals surface area contributed by atoms with Crippen molar-refractivity contribution in [1.82, 2.24) is 10.3 Å². The van der Waals surface area contributed by atoms with Crippen molar-refractivity contribution in [1.29, 1.82) is 0 Å². The highest BCUT2D eigenvalue weighted by molar-refractivity contribution is 5.66. The highest BCUT2D eigenvalue weighted by Crippen LogP contribution is 2.21. The molecule has 108 valence electrons. The number of pyridine rings is 1. The van der Waals surface area contributed by atoms with Gasteiger partial charge in [-0.25, -0.2) is 0 Å². The number of nitrogens with zero attached hydrogens (tertiary/aromatic N) is 1. The second-order valence-electron chi connectivity index (χ2n) is 3.91. The predicted molar refractivity (Wildman–Crippen MR) is 85.6 cm³/mol. The van der Waals surface area contributed by atoms with Crippen molar-refractivity contribution < 1.29 is 4.79 Å². The second kappa shape index (κ2) is 10.7. The van der Waals surface area contributed by atoms with Gasteiger partial charge in [0.05, 0.1) is 0 Å². The number of hydrogen-bond donors (Lipinski definition) is 1. The standard InChI is InChI=1S/C13H13N.C2H5NO.C2H6/c1-10-5-3-6-12(9-10)13-7-4-8-14-11(13)2;1-3-2-4;1-2/h3-9H,1-2H3;2H,1H3,(H,3,4);1-2H3. The molecule has 0 saturated carbocycles. The van der Waals surface area contributed by atoms with Crippen LogP contribution in [0.25, 0.3) is 11.1 Å². The van der Waals surface area contributed by atoms with Crippen molar-refractivity contribution in [3.8, 4) is 11.1 Å². The van der Waals surface area contributed by atoms with Gasteiger partial charge in [0.2, 0.25) is 6.41 Å². The number of aromatic nitrogens is 1. The zero-order chi connectivity index (χ0) is 15.4. The number of benzene rings is 1. The molecule has 0 radical (unpaired) electrons. The lowest BCUT2D eigenvalue weighted by Crippen LogP contribution is -1.98. The molecule has 0 saturated heterocycles. The normalized spacial score (nSPS) is 8.45. The SMILES string of the molecule is CC.CNC=O.Cc1cccc(-c2cccnc2C)c1. The lowest BCUT2D eigenvalue weighted by atomic mass is 10.0. The Hall–Kier alpha value is -2.16. The van der Waals surface area contributed by atoms with E-state index < -0.39 is 0 Å². The lowest BCUT2D eigenvalue weighted by Gasteiger charge is -2.05. The fraction of sp³-hybridized carbons (Fsp3) is 0.294. The monoisotopic (exact) mass is 272 g/mol. The fourth-order valence-electron chi connectivity index (χ4n) is 1.60. The van der Waals surface area contributed by atoms with Crippen LogP contribution in [0, 0.1) is 13.8 Å². The summed E-state index contributed by atoms with van der Waals surface area (Å²) in [7, 11) is 1.56. The van der Waals surface area contributed by atoms with Crippen LogP contribution in [-0.4, -0.2) is 18.4 Å². The molecular weight excluding hydrogens is 248 g/mol. The van der Waals surface area contributed by atoms with E-state index in [-0.39, 0.29) is 0 Å². The van der Waals surface area contributed by atoms with Gasteiger partial charge in [-0.15, -0.1) is 0 Å². The lowest BCUT2D eigenvalue weighted by molar-refractivity contribution is -0.109. The maximum absolute atomic E-state index is 9.06. The van der Waals surface area contributed by atoms with Gasteiger partial charge in [-0.05, 0) is 25.5 Å². The minimum absolute atomic E-state index is 0.625. The van der Waals surface area contributed by atoms with Crippen LogP contribution in [0.4, 0.5) is 0 Å². The number of aryl methyl sites for hydroxylation is 2. The summed E-state index contributed by atoms with van der Waals surface area (Å²) in [4.78, 5) is 13.3. The molecule has 20 heavy (non-hydrogen) atoms. The smallest absolute Gasteiger partial charge is 0.206 e. The number of carbonyl (C=O) groups excluding carboxylic acids is 1. The summed E-state index contributed by atoms with van der Waals surface area (Å²) in [5, 5.41) is 2.25. The van der Waals surface area contributed by atoms with Gasteiger partial charge in [-0.1, -0.05) is 49.7 Å². The van der Waals surface area contributed by atoms with Gasteiger partial charge >= 0.3 is 0 Å². The third-order valence-electron chi connectivity index (χ3n) is 2.45. The van der Waals surface area contributed by atoms with Crippen LogP contribution >= 0.6 is 0 Å². The average molecular weight is 272 g/mol. The zero-order valence-corrected chi connectivity index (χ0v) is 13.0. The van der Waals surface area contributed by atoms with E-state index in [1.807, 2.05) is 33.0 Å². The van der Waals surface area contributed by atoms with Crippen LogP contribution in [0.1, 0.15) is 25.1 Å². The van der Waals surface area contributed by atoms with Crippen LogP contribution in [0.2, 0.25) is 0 Å². The van der Waals surface area contributed by atoms with E-state index in [2.05, 4.69) is 47.6 Å². The molecule has 0 unspecified atom stereocenters. The summed E-state index contributed by atoms with van der Waals surface area (Å²) in [6, 6.07) is 12.6. The van der Waals surface area contributed by atoms with E-state index in [1.54, 1.807) is 7.05 Å². The highest BCUT2D eigenvalue weighted by Gasteiger charge is 2.00. The Balaban J connectivity index is 0.000000521. The molecule has 1 aromatic heterocycles. The second-order valence-corrected chi connectivity index (χ2v) is 3.91. The molecule has 0 aliphatic heterocycles. The van der Waals surface area contributed by atoms with Gasteiger partial charge in [-0.2, -0.15) is 0 Å². The summed E-state index contributed by atoms with van der Waals surface area (Å²) in [6.07, 6.45) is 2.45. The predicted octanol–water partition coefficient (Wildman–Crippen LogP) is 3.75. The van der Waals surface area contributed by atoms with E-state index >= 15 is 0 Å². The van der Waals surface area contributed by atoms with E-state index in [4.69, 9.17) is 4.79 Å². The average Bonchev–Trinajstić information content (AvgIpc) is 2.50. The molecule has 1 heterocycles. The number of nitrogens with one attached hydrogen (secondary N) is 1. The highest BCUT2D eigenvalue weighted by atomic mass is 16.1. The third-order valence-corrected chi connectivity index (χ3v) is 2.45. The topological polar surface area (TPSA) is 42.0 Å². The molecule has 0 aliphatic carbocycles. The van der Waals surface area contributed by atoms with E-state index in [0.717, 1.165) is 5.69 Å². The van der Waals surface area contributed by atoms with Crippen LogP contribution in [-0.2, 0) is 4.79 Å². The molecule has 1 amide bonds. The van der Waals surface area contributed by atoms with Gasteiger partial charge in [0.1, 0.15) is 0 Å². The Morgan fingerprint density at radius 1 is 1.10 bits per heavy atom. The van der Waals surface area contributed by atoms with Crippen molar-refractivity contribution in [3.63, 3.8) is 0 Å². The summed E-state index contributed by atoms with van der Waals surface area (Å²) in [5.41, 5.74) is 4.83. The van der Waals surface area contributed by atoms with E-state index in [1.165, 1.54) is 16.7 Å². The fourth-order valence-corrected chi connectivity index (χ4v) is 1.60. The van der Waals surface area contributed by atoms with Gasteiger partial charge in [-0.3, -0.25) is 9.78 Å². The summed E-state index contributed by atoms with van der Waals surface area (Å²) in [5.74, 6) is 0. The summed E-state index contributed by atoms with van der Waals surface area (Å²) in [6.45, 7) is 8.15. The maximum atomic E-state index is 9.06. The van der Waals surface area contributed by atoms with Crippen LogP contribution in [0.5, 0.6) is 0 Å². The number of hydrogen-bond acceptors (Lipinski definition) is 2. The van der Waals surface area contributed by atoms with E-state index in [0.29, 0.717) is 6.41 Å². The first-order valence-electron chi connectivity index (χ1n) is 6.78. The maximum Gasteiger partial charge on any atom is 0.206 e. The molecule has 3 heteroatoms. The number of amides is 1. The Labute approximate surface area is 122 Å². The summed E-state index contributed by atoms with van der Waals surface area (Å²) >= 11 is 0. The molecule has 0 fully saturated rings. The molecular formula is C17H24N2O. The Kier molecular flexibility index (Phi) is 9.57. The van der Waals surface area contributed by atoms with Crippen molar-refractivity contribution in [2.45, 2.75) is 27.7 Å². The molecule has 3 nitrogen and oxygen atoms in total. The minimum atomic E-state index is 0.625. The van der Waals surface area contributed by atoms with Crippen LogP contribution in [0.3, 0.4) is 0 Å². The van der Waals surface area contributed by atoms with Gasteiger partial charge in [0, 0.05) is 24.5 Å². The van der Waals surface area contributed by atoms with Crippen LogP contribution in [0.15, 0.2) is 42.6 Å². The molecule has 0 aliphatic rings. The number of rotatable bonds is 2. The van der Waals surface area contributed by atoms with Crippen molar-refractivity contribution in [3.05, 3.63) is 53.9 Å². The summed E-state index contributed by atoms with van der Waals surface area (Å²) < 4.78 is 0. The molecule has 2 aromatic rings. The quantitative estimate of drug-likeness (QED) is 0.846. The van der Waals surface area contributed by atoms with Gasteiger partial charge in [0.15, 0.2) is 0 Å². The first-order valence-corrected chi connectivity index (χ1v) is 6.78. The van der Waals surface area contributed by atoms with Crippen molar-refractivity contribution >= 4 is 6.41 Å². The van der Waals surface area contributed by atoms with Crippen molar-refractivity contribution in [2.75, 3.05) is 7.05 Å². The minimum Gasteiger partial charge on any atom is -0.362 e. The molecule has 0 atom stereocenters. The Bertz CT molecular complexity index is 510. The zero-order valence-electron chi connectivity index (χ0n) is 13.0. The largest absolute Gasteiger partial charge is 0.362 e. The molecule has 0 bridgehead atoms. The molecule has 1 aromatic carbocycles. The van der Waals surface area contributed by atoms with Gasteiger partial charge in [0.25, 0.3) is 0 Å². The number of carbonyl (C=O) groups is 1. The molecule has 2 rings (SSSR count). The first kappa shape index (κ1) is 17.8. The third kappa shape index (κ3) is 6.14. The van der Waals surface area contributed by atoms with Gasteiger partial charge < -0.3 is 5.32 Å². The molecule has 0 spiro atoms. The van der Waals surface area contributed by atoms with Crippen LogP contribution < -0.4 is 5.32 Å².